The summed E-state index contributed by atoms with van der Waals surface area (Å²) in [5.74, 6) is 0. The third kappa shape index (κ3) is 7.54. The molecule has 0 aliphatic carbocycles. The number of halogens is 1. The molecule has 0 aliphatic heterocycles. The van der Waals surface area contributed by atoms with E-state index in [0.717, 1.165) is 0 Å². The average molecular weight is 460 g/mol. The van der Waals surface area contributed by atoms with Gasteiger partial charge >= 0.3 is 146 Å². The molecule has 1 rings (SSSR count). The van der Waals surface area contributed by atoms with Crippen LogP contribution >= 0.6 is 15.9 Å². The van der Waals surface area contributed by atoms with Gasteiger partial charge in [-0.25, -0.2) is 0 Å². The minimum absolute atomic E-state index is 1.21. The maximum absolute atomic E-state index is 3.57. The zero-order valence-electron chi connectivity index (χ0n) is 14.3. The van der Waals surface area contributed by atoms with Gasteiger partial charge in [-0.15, -0.1) is 0 Å². The summed E-state index contributed by atoms with van der Waals surface area (Å²) in [6, 6.07) is 9.18. The van der Waals surface area contributed by atoms with E-state index in [1.807, 2.05) is 0 Å². The first kappa shape index (κ1) is 19.5. The second kappa shape index (κ2) is 11.1. The molecule has 0 N–H and O–H groups in total. The Kier molecular flexibility index (Phi) is 10.3. The molecule has 0 spiro atoms. The molecule has 0 heterocycles. The van der Waals surface area contributed by atoms with Crippen LogP contribution in [0.2, 0.25) is 13.3 Å². The summed E-state index contributed by atoms with van der Waals surface area (Å²) in [5.41, 5.74) is 1.61. The second-order valence-corrected chi connectivity index (χ2v) is 21.4. The molecule has 0 saturated heterocycles. The van der Waals surface area contributed by atoms with Crippen molar-refractivity contribution < 1.29 is 0 Å². The van der Waals surface area contributed by atoms with Crippen molar-refractivity contribution in [1.29, 1.82) is 0 Å². The van der Waals surface area contributed by atoms with E-state index in [2.05, 4.69) is 61.0 Å². The summed E-state index contributed by atoms with van der Waals surface area (Å²) in [7, 11) is 0. The molecule has 21 heavy (non-hydrogen) atoms. The molecule has 0 saturated carbocycles. The Morgan fingerprint density at radius 1 is 0.762 bits per heavy atom. The van der Waals surface area contributed by atoms with Crippen LogP contribution in [0.1, 0.15) is 64.9 Å². The monoisotopic (exact) mass is 460 g/mol. The standard InChI is InChI=1S/C7H6Br.3C4H9.Sn/c1-6-2-4-7(8)5-3-6;3*1-3-4-2;/h2-5H,1H2;3*1,3-4H2,2H3;. The van der Waals surface area contributed by atoms with Gasteiger partial charge in [0.05, 0.1) is 0 Å². The van der Waals surface area contributed by atoms with Crippen molar-refractivity contribution in [2.24, 2.45) is 0 Å². The second-order valence-electron chi connectivity index (χ2n) is 6.61. The first-order valence-electron chi connectivity index (χ1n) is 8.90. The van der Waals surface area contributed by atoms with Crippen LogP contribution in [0.15, 0.2) is 28.7 Å². The van der Waals surface area contributed by atoms with Crippen LogP contribution in [0.5, 0.6) is 0 Å². The first-order valence-corrected chi connectivity index (χ1v) is 17.8. The molecule has 120 valence electrons. The molecule has 0 bridgehead atoms. The predicted molar refractivity (Wildman–Crippen MR) is 103 cm³/mol. The number of hydrogen-bond donors (Lipinski definition) is 0. The zero-order chi connectivity index (χ0) is 15.6. The van der Waals surface area contributed by atoms with E-state index in [1.54, 1.807) is 18.9 Å². The molecular formula is C19H33BrSn. The Hall–Kier alpha value is 0.499. The van der Waals surface area contributed by atoms with Gasteiger partial charge in [-0.2, -0.15) is 0 Å². The van der Waals surface area contributed by atoms with Crippen molar-refractivity contribution >= 4 is 34.3 Å². The summed E-state index contributed by atoms with van der Waals surface area (Å²) >= 11 is 1.58. The van der Waals surface area contributed by atoms with Crippen LogP contribution in [-0.4, -0.2) is 18.4 Å². The molecule has 0 radical (unpaired) electrons. The Bertz CT molecular complexity index is 350. The Morgan fingerprint density at radius 2 is 1.19 bits per heavy atom. The molecule has 1 aromatic carbocycles. The van der Waals surface area contributed by atoms with E-state index in [9.17, 15) is 0 Å². The molecule has 0 nitrogen and oxygen atoms in total. The summed E-state index contributed by atoms with van der Waals surface area (Å²) in [4.78, 5) is 0. The van der Waals surface area contributed by atoms with Crippen molar-refractivity contribution in [3.63, 3.8) is 0 Å². The fraction of sp³-hybridized carbons (Fsp3) is 0.684. The van der Waals surface area contributed by atoms with Crippen LogP contribution < -0.4 is 0 Å². The fourth-order valence-corrected chi connectivity index (χ4v) is 19.8. The quantitative estimate of drug-likeness (QED) is 0.303. The van der Waals surface area contributed by atoms with E-state index in [-0.39, 0.29) is 0 Å². The van der Waals surface area contributed by atoms with Crippen LogP contribution in [0.25, 0.3) is 0 Å². The van der Waals surface area contributed by atoms with Gasteiger partial charge in [-0.1, -0.05) is 0 Å². The summed E-state index contributed by atoms with van der Waals surface area (Å²) in [6.45, 7) is 7.07. The molecule has 0 atom stereocenters. The van der Waals surface area contributed by atoms with Gasteiger partial charge in [0.1, 0.15) is 0 Å². The molecule has 0 aliphatic rings. The third-order valence-corrected chi connectivity index (χ3v) is 20.6. The van der Waals surface area contributed by atoms with Gasteiger partial charge in [0.2, 0.25) is 0 Å². The average Bonchev–Trinajstić information content (AvgIpc) is 2.51. The molecule has 1 aromatic rings. The third-order valence-electron chi connectivity index (χ3n) is 4.67. The van der Waals surface area contributed by atoms with Gasteiger partial charge in [0.15, 0.2) is 0 Å². The van der Waals surface area contributed by atoms with E-state index >= 15 is 0 Å². The molecule has 0 fully saturated rings. The van der Waals surface area contributed by atoms with Gasteiger partial charge in [0.25, 0.3) is 0 Å². The molecule has 2 heteroatoms. The Labute approximate surface area is 145 Å². The van der Waals surface area contributed by atoms with Crippen LogP contribution in [0.4, 0.5) is 0 Å². The number of hydrogen-bond acceptors (Lipinski definition) is 0. The number of rotatable bonds is 11. The SMILES string of the molecule is CCC[CH2][Sn]([CH2]CCC)([CH2]CCC)[CH2]c1ccc(Br)cc1. The molecule has 0 aromatic heterocycles. The van der Waals surface area contributed by atoms with Gasteiger partial charge in [-0.3, -0.25) is 0 Å². The topological polar surface area (TPSA) is 0 Å². The Morgan fingerprint density at radius 3 is 1.57 bits per heavy atom. The summed E-state index contributed by atoms with van der Waals surface area (Å²) in [6.07, 6.45) is 8.53. The first-order chi connectivity index (χ1) is 10.2. The van der Waals surface area contributed by atoms with Crippen molar-refractivity contribution in [2.45, 2.75) is 77.0 Å². The van der Waals surface area contributed by atoms with Gasteiger partial charge < -0.3 is 0 Å². The van der Waals surface area contributed by atoms with E-state index in [4.69, 9.17) is 0 Å². The summed E-state index contributed by atoms with van der Waals surface area (Å²) in [5, 5.41) is 0. The van der Waals surface area contributed by atoms with Gasteiger partial charge in [-0.05, 0) is 0 Å². The van der Waals surface area contributed by atoms with Crippen molar-refractivity contribution in [3.8, 4) is 0 Å². The van der Waals surface area contributed by atoms with E-state index in [1.165, 1.54) is 47.4 Å². The van der Waals surface area contributed by atoms with Crippen LogP contribution in [0, 0.1) is 0 Å². The zero-order valence-corrected chi connectivity index (χ0v) is 18.7. The van der Waals surface area contributed by atoms with Gasteiger partial charge in [0, 0.05) is 0 Å². The van der Waals surface area contributed by atoms with Crippen molar-refractivity contribution in [3.05, 3.63) is 34.3 Å². The molecular weight excluding hydrogens is 427 g/mol. The van der Waals surface area contributed by atoms with E-state index in [0.29, 0.717) is 0 Å². The Balaban J connectivity index is 2.85. The fourth-order valence-electron chi connectivity index (χ4n) is 3.33. The van der Waals surface area contributed by atoms with Crippen LogP contribution in [-0.2, 0) is 4.44 Å². The molecule has 0 unspecified atom stereocenters. The number of benzene rings is 1. The number of unbranched alkanes of at least 4 members (excludes halogenated alkanes) is 3. The minimum atomic E-state index is -1.99. The van der Waals surface area contributed by atoms with Crippen molar-refractivity contribution in [1.82, 2.24) is 0 Å². The van der Waals surface area contributed by atoms with Crippen LogP contribution in [0.3, 0.4) is 0 Å². The predicted octanol–water partition coefficient (Wildman–Crippen LogP) is 7.38. The van der Waals surface area contributed by atoms with Crippen molar-refractivity contribution in [2.75, 3.05) is 0 Å². The molecule has 0 amide bonds. The normalized spacial score (nSPS) is 11.8. The maximum atomic E-state index is 3.57. The van der Waals surface area contributed by atoms with E-state index < -0.39 is 18.4 Å². The summed E-state index contributed by atoms with van der Waals surface area (Å²) < 4.78 is 7.52.